The van der Waals surface area contributed by atoms with Crippen molar-refractivity contribution in [2.45, 2.75) is 32.2 Å². The molecule has 0 radical (unpaired) electrons. The molecule has 2 unspecified atom stereocenters. The van der Waals surface area contributed by atoms with Crippen LogP contribution in [0.1, 0.15) is 18.9 Å². The molecule has 0 spiro atoms. The van der Waals surface area contributed by atoms with Gasteiger partial charge >= 0.3 is 0 Å². The van der Waals surface area contributed by atoms with Gasteiger partial charge in [-0.1, -0.05) is 30.7 Å². The highest BCUT2D eigenvalue weighted by Crippen LogP contribution is 2.10. The first kappa shape index (κ1) is 16.4. The summed E-state index contributed by atoms with van der Waals surface area (Å²) in [5, 5.41) is 22.7. The third-order valence-corrected chi connectivity index (χ3v) is 2.98. The van der Waals surface area contributed by atoms with E-state index in [1.165, 1.54) is 0 Å². The number of nitrogens with one attached hydrogen (secondary N) is 1. The van der Waals surface area contributed by atoms with E-state index < -0.39 is 6.10 Å². The second-order valence-electron chi connectivity index (χ2n) is 4.52. The fraction of sp³-hybridized carbons (Fsp3) is 0.571. The van der Waals surface area contributed by atoms with E-state index in [0.717, 1.165) is 5.56 Å². The van der Waals surface area contributed by atoms with Gasteiger partial charge < -0.3 is 20.3 Å². The molecule has 0 amide bonds. The Hall–Kier alpha value is -0.650. The van der Waals surface area contributed by atoms with Gasteiger partial charge in [-0.3, -0.25) is 0 Å². The van der Waals surface area contributed by atoms with E-state index in [2.05, 4.69) is 5.32 Å². The first-order valence-electron chi connectivity index (χ1n) is 6.50. The highest BCUT2D eigenvalue weighted by molar-refractivity contribution is 6.30. The highest BCUT2D eigenvalue weighted by atomic mass is 35.5. The van der Waals surface area contributed by atoms with Gasteiger partial charge in [-0.05, 0) is 24.1 Å². The second kappa shape index (κ2) is 9.28. The monoisotopic (exact) mass is 287 g/mol. The quantitative estimate of drug-likeness (QED) is 0.645. The van der Waals surface area contributed by atoms with Crippen LogP contribution in [0.5, 0.6) is 0 Å². The van der Waals surface area contributed by atoms with E-state index in [1.807, 2.05) is 31.2 Å². The molecule has 108 valence electrons. The molecule has 1 aromatic rings. The van der Waals surface area contributed by atoms with Crippen LogP contribution in [0.3, 0.4) is 0 Å². The lowest BCUT2D eigenvalue weighted by molar-refractivity contribution is 0.0273. The van der Waals surface area contributed by atoms with Crippen LogP contribution in [0.4, 0.5) is 0 Å². The number of benzene rings is 1. The lowest BCUT2D eigenvalue weighted by atomic mass is 10.2. The number of rotatable bonds is 9. The molecule has 0 saturated carbocycles. The van der Waals surface area contributed by atoms with Gasteiger partial charge in [0.1, 0.15) is 0 Å². The minimum Gasteiger partial charge on any atom is -0.392 e. The Morgan fingerprint density at radius 1 is 1.16 bits per heavy atom. The largest absolute Gasteiger partial charge is 0.392 e. The molecule has 4 nitrogen and oxygen atoms in total. The van der Waals surface area contributed by atoms with Crippen molar-refractivity contribution >= 4 is 11.6 Å². The summed E-state index contributed by atoms with van der Waals surface area (Å²) in [4.78, 5) is 0. The van der Waals surface area contributed by atoms with E-state index in [-0.39, 0.29) is 12.7 Å². The van der Waals surface area contributed by atoms with Crippen molar-refractivity contribution in [2.24, 2.45) is 0 Å². The zero-order chi connectivity index (χ0) is 14.1. The Balaban J connectivity index is 2.10. The number of halogens is 1. The van der Waals surface area contributed by atoms with E-state index >= 15 is 0 Å². The van der Waals surface area contributed by atoms with Crippen LogP contribution in [0, 0.1) is 0 Å². The van der Waals surface area contributed by atoms with Crippen molar-refractivity contribution in [3.8, 4) is 0 Å². The molecule has 0 heterocycles. The summed E-state index contributed by atoms with van der Waals surface area (Å²) in [7, 11) is 0. The van der Waals surface area contributed by atoms with Crippen molar-refractivity contribution in [1.29, 1.82) is 0 Å². The third-order valence-electron chi connectivity index (χ3n) is 2.72. The predicted molar refractivity (Wildman–Crippen MR) is 76.3 cm³/mol. The molecule has 0 fully saturated rings. The Kier molecular flexibility index (Phi) is 8.02. The van der Waals surface area contributed by atoms with Gasteiger partial charge in [0.05, 0.1) is 25.4 Å². The molecule has 1 rings (SSSR count). The van der Waals surface area contributed by atoms with Gasteiger partial charge in [0.2, 0.25) is 0 Å². The maximum atomic E-state index is 9.67. The Morgan fingerprint density at radius 2 is 1.79 bits per heavy atom. The summed E-state index contributed by atoms with van der Waals surface area (Å²) in [5.74, 6) is 0. The number of aliphatic hydroxyl groups is 2. The zero-order valence-corrected chi connectivity index (χ0v) is 11.9. The molecule has 0 aliphatic carbocycles. The third kappa shape index (κ3) is 7.50. The van der Waals surface area contributed by atoms with Crippen molar-refractivity contribution in [1.82, 2.24) is 5.32 Å². The molecule has 5 heteroatoms. The van der Waals surface area contributed by atoms with Gasteiger partial charge in [-0.25, -0.2) is 0 Å². The standard InChI is InChI=1S/C14H22ClNO3/c1-2-13(17)7-16-8-14(18)10-19-9-11-3-5-12(15)6-4-11/h3-6,13-14,16-18H,2,7-10H2,1H3. The normalized spacial score (nSPS) is 14.3. The van der Waals surface area contributed by atoms with Crippen LogP contribution in [-0.4, -0.2) is 42.1 Å². The average Bonchev–Trinajstić information content (AvgIpc) is 2.41. The number of hydrogen-bond donors (Lipinski definition) is 3. The zero-order valence-electron chi connectivity index (χ0n) is 11.2. The minimum absolute atomic E-state index is 0.262. The van der Waals surface area contributed by atoms with Gasteiger partial charge in [0.25, 0.3) is 0 Å². The molecule has 0 bridgehead atoms. The van der Waals surface area contributed by atoms with Crippen molar-refractivity contribution in [3.05, 3.63) is 34.9 Å². The van der Waals surface area contributed by atoms with Crippen LogP contribution in [-0.2, 0) is 11.3 Å². The number of ether oxygens (including phenoxy) is 1. The molecule has 19 heavy (non-hydrogen) atoms. The second-order valence-corrected chi connectivity index (χ2v) is 4.95. The molecule has 0 aliphatic heterocycles. The summed E-state index contributed by atoms with van der Waals surface area (Å²) in [6.07, 6.45) is -0.227. The van der Waals surface area contributed by atoms with Crippen LogP contribution >= 0.6 is 11.6 Å². The lowest BCUT2D eigenvalue weighted by Crippen LogP contribution is -2.35. The molecule has 0 aromatic heterocycles. The molecule has 1 aromatic carbocycles. The number of hydrogen-bond acceptors (Lipinski definition) is 4. The molecule has 0 saturated heterocycles. The van der Waals surface area contributed by atoms with E-state index in [4.69, 9.17) is 16.3 Å². The maximum Gasteiger partial charge on any atom is 0.0897 e. The minimum atomic E-state index is -0.573. The Bertz CT molecular complexity index is 345. The fourth-order valence-corrected chi connectivity index (χ4v) is 1.64. The topological polar surface area (TPSA) is 61.7 Å². The maximum absolute atomic E-state index is 9.67. The first-order valence-corrected chi connectivity index (χ1v) is 6.88. The van der Waals surface area contributed by atoms with Gasteiger partial charge in [0, 0.05) is 18.1 Å². The van der Waals surface area contributed by atoms with E-state index in [9.17, 15) is 10.2 Å². The summed E-state index contributed by atoms with van der Waals surface area (Å²) < 4.78 is 5.41. The van der Waals surface area contributed by atoms with E-state index in [1.54, 1.807) is 0 Å². The molecular weight excluding hydrogens is 266 g/mol. The number of aliphatic hydroxyl groups excluding tert-OH is 2. The van der Waals surface area contributed by atoms with Crippen LogP contribution < -0.4 is 5.32 Å². The predicted octanol–water partition coefficient (Wildman–Crippen LogP) is 1.58. The Morgan fingerprint density at radius 3 is 2.42 bits per heavy atom. The lowest BCUT2D eigenvalue weighted by Gasteiger charge is -2.14. The molecule has 3 N–H and O–H groups in total. The summed E-state index contributed by atoms with van der Waals surface area (Å²) in [6.45, 7) is 3.53. The van der Waals surface area contributed by atoms with E-state index in [0.29, 0.717) is 31.1 Å². The first-order chi connectivity index (χ1) is 9.11. The highest BCUT2D eigenvalue weighted by Gasteiger charge is 2.06. The summed E-state index contributed by atoms with van der Waals surface area (Å²) in [6, 6.07) is 7.41. The van der Waals surface area contributed by atoms with Gasteiger partial charge in [-0.15, -0.1) is 0 Å². The Labute approximate surface area is 119 Å². The van der Waals surface area contributed by atoms with Crippen LogP contribution in [0.25, 0.3) is 0 Å². The summed E-state index contributed by atoms with van der Waals surface area (Å²) in [5.41, 5.74) is 1.02. The van der Waals surface area contributed by atoms with Gasteiger partial charge in [-0.2, -0.15) is 0 Å². The fourth-order valence-electron chi connectivity index (χ4n) is 1.51. The van der Waals surface area contributed by atoms with Crippen molar-refractivity contribution < 1.29 is 14.9 Å². The van der Waals surface area contributed by atoms with Crippen molar-refractivity contribution in [3.63, 3.8) is 0 Å². The smallest absolute Gasteiger partial charge is 0.0897 e. The average molecular weight is 288 g/mol. The summed E-state index contributed by atoms with van der Waals surface area (Å²) >= 11 is 5.78. The molecule has 2 atom stereocenters. The SMILES string of the molecule is CCC(O)CNCC(O)COCc1ccc(Cl)cc1. The molecular formula is C14H22ClNO3. The van der Waals surface area contributed by atoms with Gasteiger partial charge in [0.15, 0.2) is 0 Å². The van der Waals surface area contributed by atoms with Crippen LogP contribution in [0.2, 0.25) is 5.02 Å². The van der Waals surface area contributed by atoms with Crippen molar-refractivity contribution in [2.75, 3.05) is 19.7 Å². The van der Waals surface area contributed by atoms with Crippen LogP contribution in [0.15, 0.2) is 24.3 Å². The molecule has 0 aliphatic rings.